The molecule has 1 aromatic carbocycles. The van der Waals surface area contributed by atoms with Crippen molar-refractivity contribution in [3.63, 3.8) is 0 Å². The van der Waals surface area contributed by atoms with E-state index >= 15 is 0 Å². The third kappa shape index (κ3) is 4.86. The molecule has 0 fully saturated rings. The standard InChI is InChI=1S/C14H24N2O/c1-12(2)16(9-10-17-3)11-14(15)13-7-5-4-6-8-13/h4-8,12,14H,9-11,15H2,1-3H3. The van der Waals surface area contributed by atoms with Crippen LogP contribution in [0, 0.1) is 0 Å². The monoisotopic (exact) mass is 236 g/mol. The van der Waals surface area contributed by atoms with Crippen LogP contribution >= 0.6 is 0 Å². The van der Waals surface area contributed by atoms with Crippen LogP contribution in [0.1, 0.15) is 25.5 Å². The first-order chi connectivity index (χ1) is 8.15. The molecule has 0 saturated heterocycles. The number of nitrogens with two attached hydrogens (primary N) is 1. The van der Waals surface area contributed by atoms with Crippen molar-refractivity contribution in [2.75, 3.05) is 26.8 Å². The highest BCUT2D eigenvalue weighted by molar-refractivity contribution is 5.18. The average Bonchev–Trinajstić information content (AvgIpc) is 2.35. The van der Waals surface area contributed by atoms with Gasteiger partial charge in [-0.3, -0.25) is 4.90 Å². The van der Waals surface area contributed by atoms with E-state index in [0.717, 1.165) is 19.7 Å². The van der Waals surface area contributed by atoms with Gasteiger partial charge in [0.25, 0.3) is 0 Å². The summed E-state index contributed by atoms with van der Waals surface area (Å²) < 4.78 is 5.13. The van der Waals surface area contributed by atoms with E-state index < -0.39 is 0 Å². The normalized spacial score (nSPS) is 13.3. The topological polar surface area (TPSA) is 38.5 Å². The SMILES string of the molecule is COCCN(CC(N)c1ccccc1)C(C)C. The van der Waals surface area contributed by atoms with Crippen molar-refractivity contribution in [2.45, 2.75) is 25.9 Å². The van der Waals surface area contributed by atoms with Crippen molar-refractivity contribution in [3.8, 4) is 0 Å². The van der Waals surface area contributed by atoms with E-state index in [-0.39, 0.29) is 6.04 Å². The Hall–Kier alpha value is -0.900. The highest BCUT2D eigenvalue weighted by Crippen LogP contribution is 2.12. The highest BCUT2D eigenvalue weighted by atomic mass is 16.5. The van der Waals surface area contributed by atoms with Gasteiger partial charge in [-0.1, -0.05) is 30.3 Å². The number of ether oxygens (including phenoxy) is 1. The van der Waals surface area contributed by atoms with Crippen LogP contribution in [0.5, 0.6) is 0 Å². The lowest BCUT2D eigenvalue weighted by molar-refractivity contribution is 0.125. The van der Waals surface area contributed by atoms with Gasteiger partial charge < -0.3 is 10.5 Å². The molecular formula is C14H24N2O. The molecule has 3 heteroatoms. The molecule has 0 aromatic heterocycles. The number of methoxy groups -OCH3 is 1. The van der Waals surface area contributed by atoms with E-state index in [2.05, 4.69) is 30.9 Å². The summed E-state index contributed by atoms with van der Waals surface area (Å²) in [5.41, 5.74) is 7.41. The minimum absolute atomic E-state index is 0.0652. The van der Waals surface area contributed by atoms with Crippen LogP contribution in [0.4, 0.5) is 0 Å². The Labute approximate surface area is 105 Å². The molecule has 96 valence electrons. The van der Waals surface area contributed by atoms with Gasteiger partial charge in [0.05, 0.1) is 6.61 Å². The van der Waals surface area contributed by atoms with Crippen LogP contribution in [0.25, 0.3) is 0 Å². The lowest BCUT2D eigenvalue weighted by Crippen LogP contribution is -2.39. The maximum atomic E-state index is 6.22. The predicted molar refractivity (Wildman–Crippen MR) is 72.0 cm³/mol. The van der Waals surface area contributed by atoms with Crippen LogP contribution in [-0.4, -0.2) is 37.7 Å². The minimum atomic E-state index is 0.0652. The lowest BCUT2D eigenvalue weighted by atomic mass is 10.1. The van der Waals surface area contributed by atoms with Gasteiger partial charge in [0.1, 0.15) is 0 Å². The van der Waals surface area contributed by atoms with Crippen LogP contribution in [-0.2, 0) is 4.74 Å². The lowest BCUT2D eigenvalue weighted by Gasteiger charge is -2.29. The Morgan fingerprint density at radius 2 is 1.88 bits per heavy atom. The van der Waals surface area contributed by atoms with Gasteiger partial charge in [-0.2, -0.15) is 0 Å². The molecule has 0 saturated carbocycles. The molecule has 0 amide bonds. The Morgan fingerprint density at radius 3 is 2.41 bits per heavy atom. The van der Waals surface area contributed by atoms with Crippen LogP contribution in [0.3, 0.4) is 0 Å². The third-order valence-electron chi connectivity index (χ3n) is 2.97. The molecule has 0 radical (unpaired) electrons. The summed E-state index contributed by atoms with van der Waals surface area (Å²) in [6.07, 6.45) is 0. The number of nitrogens with zero attached hydrogens (tertiary/aromatic N) is 1. The fraction of sp³-hybridized carbons (Fsp3) is 0.571. The second-order valence-electron chi connectivity index (χ2n) is 4.60. The Bertz CT molecular complexity index is 300. The van der Waals surface area contributed by atoms with E-state index in [0.29, 0.717) is 6.04 Å². The van der Waals surface area contributed by atoms with Crippen molar-refractivity contribution in [1.29, 1.82) is 0 Å². The molecule has 0 bridgehead atoms. The van der Waals surface area contributed by atoms with Crippen molar-refractivity contribution >= 4 is 0 Å². The zero-order chi connectivity index (χ0) is 12.7. The van der Waals surface area contributed by atoms with Crippen molar-refractivity contribution in [3.05, 3.63) is 35.9 Å². The second-order valence-corrected chi connectivity index (χ2v) is 4.60. The molecule has 1 unspecified atom stereocenters. The van der Waals surface area contributed by atoms with Gasteiger partial charge in [-0.05, 0) is 19.4 Å². The van der Waals surface area contributed by atoms with E-state index in [1.54, 1.807) is 7.11 Å². The first-order valence-electron chi connectivity index (χ1n) is 6.18. The van der Waals surface area contributed by atoms with Gasteiger partial charge >= 0.3 is 0 Å². The number of benzene rings is 1. The van der Waals surface area contributed by atoms with Gasteiger partial charge in [0, 0.05) is 32.3 Å². The van der Waals surface area contributed by atoms with Crippen molar-refractivity contribution in [1.82, 2.24) is 4.90 Å². The molecule has 0 aliphatic heterocycles. The van der Waals surface area contributed by atoms with Crippen LogP contribution in [0.2, 0.25) is 0 Å². The zero-order valence-corrected chi connectivity index (χ0v) is 11.1. The Kier molecular flexibility index (Phi) is 6.19. The summed E-state index contributed by atoms with van der Waals surface area (Å²) >= 11 is 0. The predicted octanol–water partition coefficient (Wildman–Crippen LogP) is 2.04. The molecule has 0 aliphatic carbocycles. The smallest absolute Gasteiger partial charge is 0.0589 e. The summed E-state index contributed by atoms with van der Waals surface area (Å²) in [5.74, 6) is 0. The molecule has 1 aromatic rings. The maximum absolute atomic E-state index is 6.22. The molecular weight excluding hydrogens is 212 g/mol. The molecule has 17 heavy (non-hydrogen) atoms. The average molecular weight is 236 g/mol. The third-order valence-corrected chi connectivity index (χ3v) is 2.97. The van der Waals surface area contributed by atoms with Gasteiger partial charge in [-0.25, -0.2) is 0 Å². The summed E-state index contributed by atoms with van der Waals surface area (Å²) in [5, 5.41) is 0. The minimum Gasteiger partial charge on any atom is -0.383 e. The Balaban J connectivity index is 2.54. The second kappa shape index (κ2) is 7.43. The molecule has 1 atom stereocenters. The zero-order valence-electron chi connectivity index (χ0n) is 11.1. The Morgan fingerprint density at radius 1 is 1.24 bits per heavy atom. The molecule has 0 spiro atoms. The highest BCUT2D eigenvalue weighted by Gasteiger charge is 2.14. The van der Waals surface area contributed by atoms with Gasteiger partial charge in [0.15, 0.2) is 0 Å². The van der Waals surface area contributed by atoms with Crippen LogP contribution in [0.15, 0.2) is 30.3 Å². The van der Waals surface area contributed by atoms with Gasteiger partial charge in [-0.15, -0.1) is 0 Å². The number of hydrogen-bond donors (Lipinski definition) is 1. The largest absolute Gasteiger partial charge is 0.383 e. The van der Waals surface area contributed by atoms with E-state index in [9.17, 15) is 0 Å². The van der Waals surface area contributed by atoms with E-state index in [4.69, 9.17) is 10.5 Å². The summed E-state index contributed by atoms with van der Waals surface area (Å²) in [6.45, 7) is 6.92. The molecule has 0 heterocycles. The fourth-order valence-corrected chi connectivity index (χ4v) is 1.83. The summed E-state index contributed by atoms with van der Waals surface area (Å²) in [4.78, 5) is 2.35. The quantitative estimate of drug-likeness (QED) is 0.787. The molecule has 3 nitrogen and oxygen atoms in total. The van der Waals surface area contributed by atoms with E-state index in [1.807, 2.05) is 18.2 Å². The number of rotatable bonds is 7. The van der Waals surface area contributed by atoms with Crippen molar-refractivity contribution < 1.29 is 4.74 Å². The summed E-state index contributed by atoms with van der Waals surface area (Å²) in [7, 11) is 1.73. The first-order valence-corrected chi connectivity index (χ1v) is 6.18. The maximum Gasteiger partial charge on any atom is 0.0589 e. The van der Waals surface area contributed by atoms with E-state index in [1.165, 1.54) is 5.56 Å². The van der Waals surface area contributed by atoms with Crippen LogP contribution < -0.4 is 5.73 Å². The summed E-state index contributed by atoms with van der Waals surface area (Å²) in [6, 6.07) is 10.8. The molecule has 0 aliphatic rings. The molecule has 1 rings (SSSR count). The fourth-order valence-electron chi connectivity index (χ4n) is 1.83. The first kappa shape index (κ1) is 14.2. The molecule has 2 N–H and O–H groups in total. The van der Waals surface area contributed by atoms with Gasteiger partial charge in [0.2, 0.25) is 0 Å². The number of hydrogen-bond acceptors (Lipinski definition) is 3. The van der Waals surface area contributed by atoms with Crippen molar-refractivity contribution in [2.24, 2.45) is 5.73 Å².